The Morgan fingerprint density at radius 3 is 2.66 bits per heavy atom. The second kappa shape index (κ2) is 7.80. The van der Waals surface area contributed by atoms with Gasteiger partial charge in [-0.25, -0.2) is 4.79 Å². The Labute approximate surface area is 213 Å². The van der Waals surface area contributed by atoms with E-state index in [2.05, 4.69) is 10.6 Å². The fourth-order valence-corrected chi connectivity index (χ4v) is 5.58. The molecule has 13 heteroatoms. The summed E-state index contributed by atoms with van der Waals surface area (Å²) in [5, 5.41) is 46.3. The van der Waals surface area contributed by atoms with Gasteiger partial charge in [-0.15, -0.1) is 0 Å². The zero-order chi connectivity index (χ0) is 26.5. The molecular weight excluding hydrogens is 502 g/mol. The predicted molar refractivity (Wildman–Crippen MR) is 125 cm³/mol. The van der Waals surface area contributed by atoms with E-state index in [1.807, 2.05) is 0 Å². The summed E-state index contributed by atoms with van der Waals surface area (Å²) < 4.78 is 16.6. The zero-order valence-electron chi connectivity index (χ0n) is 19.8. The van der Waals surface area contributed by atoms with Crippen molar-refractivity contribution in [1.29, 1.82) is 0 Å². The third-order valence-corrected chi connectivity index (χ3v) is 7.67. The number of nitrogens with zero attached hydrogens (tertiary/aromatic N) is 1. The van der Waals surface area contributed by atoms with Gasteiger partial charge in [0.25, 0.3) is 5.56 Å². The topological polar surface area (TPSA) is 189 Å². The van der Waals surface area contributed by atoms with Crippen molar-refractivity contribution >= 4 is 23.1 Å². The molecule has 0 bridgehead atoms. The van der Waals surface area contributed by atoms with Gasteiger partial charge in [0.05, 0.1) is 11.6 Å². The number of carbonyl (C=O) groups excluding carboxylic acids is 2. The molecule has 5 heterocycles. The first-order valence-electron chi connectivity index (χ1n) is 12.2. The summed E-state index contributed by atoms with van der Waals surface area (Å²) in [4.78, 5) is 37.9. The molecule has 4 aliphatic heterocycles. The Morgan fingerprint density at radius 2 is 1.92 bits per heavy atom. The molecule has 6 N–H and O–H groups in total. The van der Waals surface area contributed by atoms with Crippen LogP contribution in [0.4, 0.5) is 5.69 Å². The number of cyclic esters (lactones) is 1. The van der Waals surface area contributed by atoms with Gasteiger partial charge in [0.1, 0.15) is 12.7 Å². The lowest BCUT2D eigenvalue weighted by molar-refractivity contribution is -0.385. The summed E-state index contributed by atoms with van der Waals surface area (Å²) in [5.41, 5.74) is 2.93. The largest absolute Gasteiger partial charge is 0.505 e. The van der Waals surface area contributed by atoms with Crippen LogP contribution in [0.1, 0.15) is 47.4 Å². The first-order valence-corrected chi connectivity index (χ1v) is 12.2. The number of esters is 1. The van der Waals surface area contributed by atoms with Crippen molar-refractivity contribution in [3.05, 3.63) is 56.5 Å². The number of aliphatic hydroxyl groups is 4. The molecule has 5 aliphatic rings. The molecule has 0 saturated heterocycles. The van der Waals surface area contributed by atoms with Crippen molar-refractivity contribution < 1.29 is 44.2 Å². The molecule has 38 heavy (non-hydrogen) atoms. The minimum Gasteiger partial charge on any atom is -0.458 e. The monoisotopic (exact) mass is 525 g/mol. The number of pyridine rings is 1. The molecule has 1 aromatic heterocycles. The van der Waals surface area contributed by atoms with Gasteiger partial charge in [-0.1, -0.05) is 0 Å². The summed E-state index contributed by atoms with van der Waals surface area (Å²) >= 11 is 0. The highest BCUT2D eigenvalue weighted by Crippen LogP contribution is 2.50. The summed E-state index contributed by atoms with van der Waals surface area (Å²) in [6.45, 7) is -0.0780. The first kappa shape index (κ1) is 23.2. The Bertz CT molecular complexity index is 1520. The van der Waals surface area contributed by atoms with E-state index in [0.29, 0.717) is 22.5 Å². The van der Waals surface area contributed by atoms with E-state index in [1.165, 1.54) is 10.6 Å². The predicted octanol–water partition coefficient (Wildman–Crippen LogP) is -0.873. The van der Waals surface area contributed by atoms with Crippen LogP contribution in [0, 0.1) is 5.92 Å². The molecule has 2 aromatic rings. The Morgan fingerprint density at radius 1 is 1.18 bits per heavy atom. The standard InChI is InChI=1S/C25H23N3O10/c29-20(9-1-2-9)22(31)26-6-12-10-4-17-18(38-25(34,35)37-17)5-15(10)27-19-13(12)7-28-16(19)3-11-14(23(28)32)8-36-24(33)21(11)30/h3-5,9,19-21,27,29-30,34-35H,1-2,6-8H2,(H,26,31). The molecule has 0 spiro atoms. The van der Waals surface area contributed by atoms with E-state index in [4.69, 9.17) is 14.2 Å². The van der Waals surface area contributed by atoms with Crippen molar-refractivity contribution in [2.75, 3.05) is 11.9 Å². The van der Waals surface area contributed by atoms with Crippen molar-refractivity contribution in [1.82, 2.24) is 9.88 Å². The third kappa shape index (κ3) is 3.43. The Hall–Kier alpha value is -3.91. The van der Waals surface area contributed by atoms with E-state index in [9.17, 15) is 34.8 Å². The normalized spacial score (nSPS) is 24.5. The highest BCUT2D eigenvalue weighted by atomic mass is 17.0. The van der Waals surface area contributed by atoms with Crippen molar-refractivity contribution in [3.63, 3.8) is 0 Å². The van der Waals surface area contributed by atoms with Crippen LogP contribution in [0.25, 0.3) is 5.57 Å². The van der Waals surface area contributed by atoms with Crippen LogP contribution in [0.3, 0.4) is 0 Å². The minimum absolute atomic E-state index is 0.0127. The molecule has 3 unspecified atom stereocenters. The number of nitrogens with one attached hydrogen (secondary N) is 2. The van der Waals surface area contributed by atoms with E-state index >= 15 is 0 Å². The number of aliphatic hydroxyl groups excluding tert-OH is 2. The Kier molecular flexibility index (Phi) is 4.77. The molecular formula is C25H23N3O10. The van der Waals surface area contributed by atoms with Gasteiger partial charge in [-0.05, 0) is 42.0 Å². The highest BCUT2D eigenvalue weighted by molar-refractivity contribution is 5.89. The summed E-state index contributed by atoms with van der Waals surface area (Å²) in [5.74, 6) is -1.27. The lowest BCUT2D eigenvalue weighted by Gasteiger charge is -2.29. The van der Waals surface area contributed by atoms with Crippen LogP contribution in [-0.2, 0) is 27.5 Å². The highest BCUT2D eigenvalue weighted by Gasteiger charge is 2.43. The van der Waals surface area contributed by atoms with E-state index in [0.717, 1.165) is 18.4 Å². The molecule has 0 radical (unpaired) electrons. The SMILES string of the molecule is O=C1OCc2c(cc3n(c2=O)CC2=C(CNC(=O)C(O)C4CC4)c4cc5c(cc4NC23)OC(O)(O)O5)C1O. The lowest BCUT2D eigenvalue weighted by atomic mass is 9.89. The van der Waals surface area contributed by atoms with Crippen LogP contribution in [0.2, 0.25) is 0 Å². The molecule has 198 valence electrons. The van der Waals surface area contributed by atoms with Gasteiger partial charge in [0.15, 0.2) is 17.6 Å². The summed E-state index contributed by atoms with van der Waals surface area (Å²) in [6, 6.07) is 4.09. The number of anilines is 1. The van der Waals surface area contributed by atoms with Gasteiger partial charge in [-0.3, -0.25) is 19.8 Å². The van der Waals surface area contributed by atoms with Crippen LogP contribution >= 0.6 is 0 Å². The van der Waals surface area contributed by atoms with Gasteiger partial charge in [0.2, 0.25) is 5.91 Å². The number of fused-ring (bicyclic) bond motifs is 6. The second-order valence-corrected chi connectivity index (χ2v) is 10.1. The van der Waals surface area contributed by atoms with Crippen LogP contribution in [0.5, 0.6) is 11.5 Å². The van der Waals surface area contributed by atoms with Gasteiger partial charge in [-0.2, -0.15) is 0 Å². The van der Waals surface area contributed by atoms with Gasteiger partial charge >= 0.3 is 12.1 Å². The molecule has 1 amide bonds. The first-order chi connectivity index (χ1) is 18.1. The van der Waals surface area contributed by atoms with Gasteiger partial charge < -0.3 is 39.6 Å². The number of amides is 1. The number of hydrogen-bond acceptors (Lipinski definition) is 11. The molecule has 1 aliphatic carbocycles. The Balaban J connectivity index is 1.33. The maximum Gasteiger partial charge on any atom is 0.505 e. The average Bonchev–Trinajstić information content (AvgIpc) is 3.59. The number of rotatable bonds is 4. The summed E-state index contributed by atoms with van der Waals surface area (Å²) in [7, 11) is 0. The third-order valence-electron chi connectivity index (χ3n) is 7.67. The zero-order valence-corrected chi connectivity index (χ0v) is 19.8. The van der Waals surface area contributed by atoms with Crippen molar-refractivity contribution in [3.8, 4) is 11.5 Å². The molecule has 13 nitrogen and oxygen atoms in total. The van der Waals surface area contributed by atoms with Crippen molar-refractivity contribution in [2.45, 2.75) is 50.4 Å². The van der Waals surface area contributed by atoms with Gasteiger partial charge in [0, 0.05) is 41.7 Å². The van der Waals surface area contributed by atoms with E-state index in [1.54, 1.807) is 12.1 Å². The van der Waals surface area contributed by atoms with Crippen molar-refractivity contribution in [2.24, 2.45) is 5.92 Å². The number of ether oxygens (including phenoxy) is 3. The van der Waals surface area contributed by atoms with Crippen LogP contribution < -0.4 is 25.7 Å². The smallest absolute Gasteiger partial charge is 0.458 e. The molecule has 1 fully saturated rings. The number of hydrogen-bond donors (Lipinski definition) is 6. The number of aromatic nitrogens is 1. The molecule has 3 atom stereocenters. The van der Waals surface area contributed by atoms with E-state index < -0.39 is 41.8 Å². The van der Waals surface area contributed by atoms with E-state index in [-0.39, 0.29) is 48.2 Å². The van der Waals surface area contributed by atoms with Crippen LogP contribution in [-0.4, -0.2) is 55.7 Å². The second-order valence-electron chi connectivity index (χ2n) is 10.1. The maximum absolute atomic E-state index is 13.4. The maximum atomic E-state index is 13.4. The molecule has 1 saturated carbocycles. The average molecular weight is 525 g/mol. The number of benzene rings is 1. The molecule has 7 rings (SSSR count). The fourth-order valence-electron chi connectivity index (χ4n) is 5.58. The molecule has 1 aromatic carbocycles. The van der Waals surface area contributed by atoms with Crippen LogP contribution in [0.15, 0.2) is 28.6 Å². The minimum atomic E-state index is -2.83. The number of carbonyl (C=O) groups is 2. The fraction of sp³-hybridized carbons (Fsp3) is 0.400. The quantitative estimate of drug-likeness (QED) is 0.215. The lowest BCUT2D eigenvalue weighted by Crippen LogP contribution is -2.37. The summed E-state index contributed by atoms with van der Waals surface area (Å²) in [6.07, 6.45) is -3.97.